The van der Waals surface area contributed by atoms with E-state index in [1.807, 2.05) is 0 Å². The lowest BCUT2D eigenvalue weighted by molar-refractivity contribution is -0.220. The average molecular weight is 850 g/mol. The summed E-state index contributed by atoms with van der Waals surface area (Å²) in [4.78, 5) is 23.4. The Morgan fingerprint density at radius 1 is 0.603 bits per heavy atom. The van der Waals surface area contributed by atoms with Crippen LogP contribution in [0.2, 0.25) is 0 Å². The van der Waals surface area contributed by atoms with Crippen molar-refractivity contribution < 1.29 is 59.0 Å². The van der Waals surface area contributed by atoms with Gasteiger partial charge >= 0.3 is 7.82 Å². The molecule has 13 nitrogen and oxygen atoms in total. The van der Waals surface area contributed by atoms with Gasteiger partial charge < -0.3 is 46.0 Å². The van der Waals surface area contributed by atoms with Gasteiger partial charge in [0, 0.05) is 0 Å². The Labute approximate surface area is 350 Å². The first kappa shape index (κ1) is 54.8. The lowest BCUT2D eigenvalue weighted by Crippen LogP contribution is -2.64. The van der Waals surface area contributed by atoms with Crippen LogP contribution >= 0.6 is 7.82 Å². The molecule has 342 valence electrons. The number of carbonyl (C=O) groups excluding carboxylic acids is 1. The number of nitrogens with one attached hydrogen (secondary N) is 1. The van der Waals surface area contributed by atoms with E-state index in [0.717, 1.165) is 64.2 Å². The summed E-state index contributed by atoms with van der Waals surface area (Å²) in [6.45, 7) is 3.71. The molecule has 14 heteroatoms. The van der Waals surface area contributed by atoms with Gasteiger partial charge in [-0.3, -0.25) is 13.8 Å². The monoisotopic (exact) mass is 850 g/mol. The highest BCUT2D eigenvalue weighted by Gasteiger charge is 2.51. The summed E-state index contributed by atoms with van der Waals surface area (Å²) in [5, 5.41) is 74.4. The van der Waals surface area contributed by atoms with E-state index in [1.165, 1.54) is 96.0 Å². The number of phosphoric ester groups is 1. The summed E-state index contributed by atoms with van der Waals surface area (Å²) < 4.78 is 22.8. The normalized spacial score (nSPS) is 24.0. The van der Waals surface area contributed by atoms with Gasteiger partial charge in [-0.15, -0.1) is 0 Å². The highest BCUT2D eigenvalue weighted by molar-refractivity contribution is 7.47. The van der Waals surface area contributed by atoms with Crippen LogP contribution in [0.15, 0.2) is 24.3 Å². The molecule has 58 heavy (non-hydrogen) atoms. The molecular formula is C44H84NO12P. The van der Waals surface area contributed by atoms with Crippen molar-refractivity contribution in [3.8, 4) is 0 Å². The summed E-state index contributed by atoms with van der Waals surface area (Å²) in [5.41, 5.74) is 0. The number of aliphatic hydroxyl groups excluding tert-OH is 7. The fourth-order valence-electron chi connectivity index (χ4n) is 7.23. The number of hydrogen-bond donors (Lipinski definition) is 9. The van der Waals surface area contributed by atoms with Gasteiger partial charge in [-0.2, -0.15) is 0 Å². The first-order valence-corrected chi connectivity index (χ1v) is 24.4. The highest BCUT2D eigenvalue weighted by atomic mass is 31.2. The molecule has 8 atom stereocenters. The largest absolute Gasteiger partial charge is 0.472 e. The smallest absolute Gasteiger partial charge is 0.393 e. The summed E-state index contributed by atoms with van der Waals surface area (Å²) in [6, 6.07) is -1.24. The third-order valence-electron chi connectivity index (χ3n) is 11.0. The second-order valence-corrected chi connectivity index (χ2v) is 17.8. The number of hydrogen-bond acceptors (Lipinski definition) is 11. The summed E-state index contributed by atoms with van der Waals surface area (Å²) in [5.74, 6) is -0.599. The number of unbranched alkanes of at least 4 members (excludes halogenated alkanes) is 22. The third-order valence-corrected chi connectivity index (χ3v) is 12.0. The lowest BCUT2D eigenvalue weighted by atomic mass is 9.85. The van der Waals surface area contributed by atoms with Gasteiger partial charge in [0.2, 0.25) is 5.91 Å². The number of rotatable bonds is 37. The number of amides is 1. The zero-order valence-corrected chi connectivity index (χ0v) is 36.9. The maximum absolute atomic E-state index is 13.0. The Morgan fingerprint density at radius 2 is 1.00 bits per heavy atom. The predicted octanol–water partition coefficient (Wildman–Crippen LogP) is 7.20. The molecule has 0 heterocycles. The summed E-state index contributed by atoms with van der Waals surface area (Å²) in [6.07, 6.45) is 22.6. The Kier molecular flexibility index (Phi) is 32.5. The van der Waals surface area contributed by atoms with E-state index < -0.39 is 75.2 Å². The SMILES string of the molecule is CCCCCC/C=C\CCCCCCCC(O)CC(=O)NC(COP(=O)(O)OC1C(O)C(O)C(O)C(O)C1O)C(O)/C=C/CCCCCCCCCCCCCCC. The molecule has 1 fully saturated rings. The second-order valence-electron chi connectivity index (χ2n) is 16.4. The van der Waals surface area contributed by atoms with Crippen LogP contribution in [0.5, 0.6) is 0 Å². The van der Waals surface area contributed by atoms with E-state index in [-0.39, 0.29) is 6.42 Å². The fraction of sp³-hybridized carbons (Fsp3) is 0.886. The van der Waals surface area contributed by atoms with Crippen LogP contribution in [-0.4, -0.2) is 108 Å². The molecule has 1 amide bonds. The zero-order valence-electron chi connectivity index (χ0n) is 36.0. The maximum atomic E-state index is 13.0. The minimum atomic E-state index is -5.14. The lowest BCUT2D eigenvalue weighted by Gasteiger charge is -2.41. The Bertz CT molecular complexity index is 1100. The summed E-state index contributed by atoms with van der Waals surface area (Å²) >= 11 is 0. The molecule has 0 aromatic rings. The van der Waals surface area contributed by atoms with Crippen molar-refractivity contribution >= 4 is 13.7 Å². The van der Waals surface area contributed by atoms with Crippen LogP contribution in [0.25, 0.3) is 0 Å². The summed E-state index contributed by atoms with van der Waals surface area (Å²) in [7, 11) is -5.14. The number of phosphoric acid groups is 1. The first-order chi connectivity index (χ1) is 27.8. The molecule has 0 radical (unpaired) electrons. The van der Waals surface area contributed by atoms with E-state index in [4.69, 9.17) is 9.05 Å². The van der Waals surface area contributed by atoms with Gasteiger partial charge in [-0.1, -0.05) is 160 Å². The van der Waals surface area contributed by atoms with Crippen LogP contribution in [0.3, 0.4) is 0 Å². The van der Waals surface area contributed by atoms with Gasteiger partial charge in [0.05, 0.1) is 31.3 Å². The van der Waals surface area contributed by atoms with E-state index in [9.17, 15) is 50.0 Å². The van der Waals surface area contributed by atoms with Crippen molar-refractivity contribution in [3.63, 3.8) is 0 Å². The minimum absolute atomic E-state index is 0.249. The number of aliphatic hydroxyl groups is 7. The van der Waals surface area contributed by atoms with E-state index in [1.54, 1.807) is 6.08 Å². The van der Waals surface area contributed by atoms with Gasteiger partial charge in [-0.25, -0.2) is 4.57 Å². The third kappa shape index (κ3) is 26.2. The van der Waals surface area contributed by atoms with Crippen LogP contribution in [0.1, 0.15) is 187 Å². The molecular weight excluding hydrogens is 765 g/mol. The molecule has 1 aliphatic rings. The molecule has 1 rings (SSSR count). The van der Waals surface area contributed by atoms with Crippen LogP contribution in [-0.2, 0) is 18.4 Å². The Morgan fingerprint density at radius 3 is 1.48 bits per heavy atom. The molecule has 8 unspecified atom stereocenters. The van der Waals surface area contributed by atoms with Crippen LogP contribution < -0.4 is 5.32 Å². The van der Waals surface area contributed by atoms with Crippen LogP contribution in [0.4, 0.5) is 0 Å². The average Bonchev–Trinajstić information content (AvgIpc) is 3.19. The topological polar surface area (TPSA) is 226 Å². The van der Waals surface area contributed by atoms with E-state index in [0.29, 0.717) is 12.8 Å². The van der Waals surface area contributed by atoms with Gasteiger partial charge in [-0.05, 0) is 44.9 Å². The molecule has 0 spiro atoms. The molecule has 0 bridgehead atoms. The quantitative estimate of drug-likeness (QED) is 0.0172. The van der Waals surface area contributed by atoms with Crippen molar-refractivity contribution in [2.45, 2.75) is 242 Å². The standard InChI is InChI=1S/C44H84NO12P/c1-3-5-7-9-11-13-15-17-18-20-22-24-26-28-30-32-37(47)36(34-56-58(54,55)57-44-42(52)40(50)39(49)41(51)43(44)53)45-38(48)33-35(46)31-29-27-25-23-21-19-16-14-12-10-8-6-4-2/h14,16,30,32,35-37,39-44,46-47,49-53H,3-13,15,17-29,31,33-34H2,1-2H3,(H,45,48)(H,54,55)/b16-14-,32-30+. The minimum Gasteiger partial charge on any atom is -0.393 e. The van der Waals surface area contributed by atoms with Crippen molar-refractivity contribution in [1.29, 1.82) is 0 Å². The predicted molar refractivity (Wildman–Crippen MR) is 229 cm³/mol. The number of carbonyl (C=O) groups is 1. The van der Waals surface area contributed by atoms with Crippen molar-refractivity contribution in [2.24, 2.45) is 0 Å². The van der Waals surface area contributed by atoms with E-state index >= 15 is 0 Å². The maximum Gasteiger partial charge on any atom is 0.472 e. The Hall–Kier alpha value is -1.22. The van der Waals surface area contributed by atoms with Crippen molar-refractivity contribution in [3.05, 3.63) is 24.3 Å². The van der Waals surface area contributed by atoms with Crippen LogP contribution in [0, 0.1) is 0 Å². The molecule has 0 aliphatic heterocycles. The highest BCUT2D eigenvalue weighted by Crippen LogP contribution is 2.47. The van der Waals surface area contributed by atoms with Gasteiger partial charge in [0.1, 0.15) is 36.6 Å². The van der Waals surface area contributed by atoms with E-state index in [2.05, 4.69) is 31.3 Å². The fourth-order valence-corrected chi connectivity index (χ4v) is 8.20. The molecule has 9 N–H and O–H groups in total. The number of allylic oxidation sites excluding steroid dienone is 3. The van der Waals surface area contributed by atoms with Crippen molar-refractivity contribution in [2.75, 3.05) is 6.61 Å². The second kappa shape index (κ2) is 34.4. The van der Waals surface area contributed by atoms with Gasteiger partial charge in [0.15, 0.2) is 0 Å². The zero-order chi connectivity index (χ0) is 43.0. The molecule has 1 aliphatic carbocycles. The first-order valence-electron chi connectivity index (χ1n) is 22.9. The molecule has 0 saturated heterocycles. The van der Waals surface area contributed by atoms with Crippen molar-refractivity contribution in [1.82, 2.24) is 5.32 Å². The van der Waals surface area contributed by atoms with Gasteiger partial charge in [0.25, 0.3) is 0 Å². The molecule has 0 aromatic carbocycles. The molecule has 0 aromatic heterocycles. The Balaban J connectivity index is 2.58. The molecule has 1 saturated carbocycles.